The standard InChI is InChI=1S/C25H35O7P/c1-33(26,18-11-5-2-6-12-18)32-21-20(19-17-27-24(29-19)13-7-3-8-14-24)28-23-22(21)30-25(31-23)15-9-4-10-16-25/h2,5-6,11-12,19-23H,3-4,7-10,13-17H2,1H3/t19-,20+,21-,22+,23+,33+/m0/s1. The van der Waals surface area contributed by atoms with E-state index in [-0.39, 0.29) is 6.10 Å². The van der Waals surface area contributed by atoms with Crippen LogP contribution in [0.4, 0.5) is 0 Å². The van der Waals surface area contributed by atoms with Crippen LogP contribution in [-0.4, -0.2) is 55.6 Å². The Hall–Kier alpha value is -0.790. The Morgan fingerprint density at radius 1 is 0.848 bits per heavy atom. The maximum atomic E-state index is 13.7. The number of ether oxygens (including phenoxy) is 5. The highest BCUT2D eigenvalue weighted by Gasteiger charge is 2.62. The van der Waals surface area contributed by atoms with Gasteiger partial charge in [-0.15, -0.1) is 0 Å². The van der Waals surface area contributed by atoms with Crippen molar-refractivity contribution in [3.8, 4) is 0 Å². The Kier molecular flexibility index (Phi) is 5.98. The van der Waals surface area contributed by atoms with Crippen molar-refractivity contribution in [2.75, 3.05) is 13.3 Å². The van der Waals surface area contributed by atoms with Gasteiger partial charge in [0.05, 0.1) is 6.61 Å². The molecule has 3 heterocycles. The Labute approximate surface area is 195 Å². The smallest absolute Gasteiger partial charge is 0.229 e. The lowest BCUT2D eigenvalue weighted by molar-refractivity contribution is -0.258. The molecule has 5 fully saturated rings. The predicted molar refractivity (Wildman–Crippen MR) is 122 cm³/mol. The second kappa shape index (κ2) is 8.70. The molecular formula is C25H35O7P. The van der Waals surface area contributed by atoms with Crippen LogP contribution in [0.15, 0.2) is 30.3 Å². The average Bonchev–Trinajstić information content (AvgIpc) is 3.48. The lowest BCUT2D eigenvalue weighted by Crippen LogP contribution is -2.45. The highest BCUT2D eigenvalue weighted by molar-refractivity contribution is 7.66. The molecule has 7 nitrogen and oxygen atoms in total. The van der Waals surface area contributed by atoms with E-state index in [1.807, 2.05) is 30.3 Å². The Morgan fingerprint density at radius 3 is 2.21 bits per heavy atom. The quantitative estimate of drug-likeness (QED) is 0.591. The molecule has 3 aliphatic heterocycles. The SMILES string of the molecule is C[P@@](=O)(O[C@@H]1[C@H]2OC3(CCCCC3)O[C@H]2O[C@@H]1[C@@H]1COC2(CCCCC2)O1)c1ccccc1. The lowest BCUT2D eigenvalue weighted by Gasteiger charge is -2.36. The van der Waals surface area contributed by atoms with Gasteiger partial charge in [-0.1, -0.05) is 31.0 Å². The van der Waals surface area contributed by atoms with Crippen LogP contribution in [0.2, 0.25) is 0 Å². The molecule has 0 unspecified atom stereocenters. The fraction of sp³-hybridized carbons (Fsp3) is 0.760. The minimum atomic E-state index is -3.13. The number of fused-ring (bicyclic) bond motifs is 1. The molecule has 0 bridgehead atoms. The molecule has 1 aromatic rings. The third kappa shape index (κ3) is 4.24. The summed E-state index contributed by atoms with van der Waals surface area (Å²) in [6.07, 6.45) is 8.01. The van der Waals surface area contributed by atoms with Crippen LogP contribution in [0.1, 0.15) is 64.2 Å². The molecule has 2 saturated carbocycles. The zero-order chi connectivity index (χ0) is 22.5. The molecule has 1 aromatic carbocycles. The molecule has 6 atom stereocenters. The zero-order valence-electron chi connectivity index (χ0n) is 19.4. The Balaban J connectivity index is 1.25. The largest absolute Gasteiger partial charge is 0.347 e. The van der Waals surface area contributed by atoms with Gasteiger partial charge in [0, 0.05) is 37.7 Å². The van der Waals surface area contributed by atoms with E-state index in [4.69, 9.17) is 28.2 Å². The summed E-state index contributed by atoms with van der Waals surface area (Å²) in [5.41, 5.74) is 0. The van der Waals surface area contributed by atoms with Crippen molar-refractivity contribution in [2.45, 2.75) is 106 Å². The molecule has 8 heteroatoms. The summed E-state index contributed by atoms with van der Waals surface area (Å²) in [5, 5.41) is 0.686. The fourth-order valence-electron chi connectivity index (χ4n) is 6.19. The molecule has 6 rings (SSSR count). The van der Waals surface area contributed by atoms with Gasteiger partial charge in [-0.2, -0.15) is 0 Å². The molecule has 0 N–H and O–H groups in total. The Bertz CT molecular complexity index is 880. The van der Waals surface area contributed by atoms with Crippen LogP contribution in [0.3, 0.4) is 0 Å². The molecular weight excluding hydrogens is 443 g/mol. The van der Waals surface area contributed by atoms with Gasteiger partial charge in [-0.3, -0.25) is 4.57 Å². The summed E-state index contributed by atoms with van der Waals surface area (Å²) >= 11 is 0. The molecule has 2 aliphatic carbocycles. The van der Waals surface area contributed by atoms with Crippen molar-refractivity contribution in [1.29, 1.82) is 0 Å². The molecule has 0 amide bonds. The van der Waals surface area contributed by atoms with Crippen LogP contribution in [0.5, 0.6) is 0 Å². The van der Waals surface area contributed by atoms with Crippen LogP contribution in [0.25, 0.3) is 0 Å². The van der Waals surface area contributed by atoms with Crippen molar-refractivity contribution in [1.82, 2.24) is 0 Å². The average molecular weight is 479 g/mol. The van der Waals surface area contributed by atoms with Crippen molar-refractivity contribution in [3.05, 3.63) is 30.3 Å². The minimum absolute atomic E-state index is 0.302. The van der Waals surface area contributed by atoms with E-state index in [0.29, 0.717) is 11.9 Å². The van der Waals surface area contributed by atoms with Crippen molar-refractivity contribution >= 4 is 12.7 Å². The van der Waals surface area contributed by atoms with Crippen LogP contribution in [-0.2, 0) is 32.8 Å². The molecule has 0 radical (unpaired) electrons. The summed E-state index contributed by atoms with van der Waals surface area (Å²) < 4.78 is 52.2. The number of benzene rings is 1. The molecule has 3 saturated heterocycles. The summed E-state index contributed by atoms with van der Waals surface area (Å²) in [5.74, 6) is -1.13. The van der Waals surface area contributed by atoms with Gasteiger partial charge in [-0.25, -0.2) is 0 Å². The van der Waals surface area contributed by atoms with Gasteiger partial charge in [0.2, 0.25) is 7.37 Å². The maximum Gasteiger partial charge on any atom is 0.229 e. The van der Waals surface area contributed by atoms with E-state index in [1.54, 1.807) is 6.66 Å². The first-order chi connectivity index (χ1) is 16.0. The van der Waals surface area contributed by atoms with Crippen LogP contribution in [0, 0.1) is 0 Å². The van der Waals surface area contributed by atoms with Crippen molar-refractivity contribution < 1.29 is 32.8 Å². The summed E-state index contributed by atoms with van der Waals surface area (Å²) in [7, 11) is -3.13. The van der Waals surface area contributed by atoms with E-state index >= 15 is 0 Å². The third-order valence-corrected chi connectivity index (χ3v) is 9.79. The molecule has 5 aliphatic rings. The third-order valence-electron chi connectivity index (χ3n) is 7.91. The first-order valence-electron chi connectivity index (χ1n) is 12.6. The number of hydrogen-bond donors (Lipinski definition) is 0. The van der Waals surface area contributed by atoms with Gasteiger partial charge in [0.1, 0.15) is 24.4 Å². The second-order valence-corrected chi connectivity index (χ2v) is 12.7. The lowest BCUT2D eigenvalue weighted by atomic mass is 9.94. The molecule has 2 spiro atoms. The van der Waals surface area contributed by atoms with E-state index in [9.17, 15) is 4.57 Å². The molecule has 182 valence electrons. The normalized spacial score (nSPS) is 39.0. The van der Waals surface area contributed by atoms with Gasteiger partial charge >= 0.3 is 0 Å². The highest BCUT2D eigenvalue weighted by atomic mass is 31.2. The number of rotatable bonds is 4. The topological polar surface area (TPSA) is 72.5 Å². The van der Waals surface area contributed by atoms with Gasteiger partial charge in [0.25, 0.3) is 0 Å². The predicted octanol–water partition coefficient (Wildman–Crippen LogP) is 4.48. The maximum absolute atomic E-state index is 13.7. The van der Waals surface area contributed by atoms with Crippen LogP contribution >= 0.6 is 7.37 Å². The summed E-state index contributed by atoms with van der Waals surface area (Å²) in [6, 6.07) is 9.38. The number of hydrogen-bond acceptors (Lipinski definition) is 7. The minimum Gasteiger partial charge on any atom is -0.347 e. The van der Waals surface area contributed by atoms with Gasteiger partial charge < -0.3 is 28.2 Å². The van der Waals surface area contributed by atoms with Crippen molar-refractivity contribution in [3.63, 3.8) is 0 Å². The van der Waals surface area contributed by atoms with Crippen LogP contribution < -0.4 is 5.30 Å². The van der Waals surface area contributed by atoms with E-state index in [1.165, 1.54) is 12.8 Å². The summed E-state index contributed by atoms with van der Waals surface area (Å²) in [4.78, 5) is 0. The van der Waals surface area contributed by atoms with Crippen molar-refractivity contribution in [2.24, 2.45) is 0 Å². The van der Waals surface area contributed by atoms with E-state index in [0.717, 1.165) is 51.4 Å². The zero-order valence-corrected chi connectivity index (χ0v) is 20.3. The monoisotopic (exact) mass is 478 g/mol. The van der Waals surface area contributed by atoms with Gasteiger partial charge in [-0.05, 0) is 37.8 Å². The summed E-state index contributed by atoms with van der Waals surface area (Å²) in [6.45, 7) is 2.11. The first-order valence-corrected chi connectivity index (χ1v) is 14.7. The highest BCUT2D eigenvalue weighted by Crippen LogP contribution is 2.52. The molecule has 33 heavy (non-hydrogen) atoms. The molecule has 0 aromatic heterocycles. The van der Waals surface area contributed by atoms with E-state index in [2.05, 4.69) is 0 Å². The van der Waals surface area contributed by atoms with Gasteiger partial charge in [0.15, 0.2) is 17.9 Å². The van der Waals surface area contributed by atoms with E-state index < -0.39 is 43.5 Å². The fourth-order valence-corrected chi connectivity index (χ4v) is 7.73. The second-order valence-electron chi connectivity index (χ2n) is 10.3. The first kappa shape index (κ1) is 22.7. The Morgan fingerprint density at radius 2 is 1.52 bits per heavy atom.